The van der Waals surface area contributed by atoms with E-state index in [1.165, 1.54) is 4.90 Å². The Bertz CT molecular complexity index is 965. The molecule has 3 N–H and O–H groups in total. The second kappa shape index (κ2) is 8.97. The fraction of sp³-hybridized carbons (Fsp3) is 0.409. The van der Waals surface area contributed by atoms with Gasteiger partial charge in [-0.05, 0) is 55.3 Å². The van der Waals surface area contributed by atoms with Crippen LogP contribution in [0.15, 0.2) is 47.4 Å². The van der Waals surface area contributed by atoms with E-state index in [9.17, 15) is 13.2 Å². The van der Waals surface area contributed by atoms with Crippen molar-refractivity contribution >= 4 is 21.6 Å². The maximum Gasteiger partial charge on any atom is 0.262 e. The van der Waals surface area contributed by atoms with Crippen molar-refractivity contribution in [1.29, 1.82) is 0 Å². The topological polar surface area (TPSA) is 79.7 Å². The van der Waals surface area contributed by atoms with Gasteiger partial charge in [0.2, 0.25) is 0 Å². The smallest absolute Gasteiger partial charge is 0.262 e. The Morgan fingerprint density at radius 1 is 1.03 bits per heavy atom. The van der Waals surface area contributed by atoms with E-state index in [1.54, 1.807) is 43.3 Å². The third kappa shape index (κ3) is 6.58. The van der Waals surface area contributed by atoms with Crippen molar-refractivity contribution in [3.8, 4) is 0 Å². The summed E-state index contributed by atoms with van der Waals surface area (Å²) in [6.07, 6.45) is 0. The molecular weight excluding hydrogens is 386 g/mol. The van der Waals surface area contributed by atoms with Crippen molar-refractivity contribution in [1.82, 2.24) is 5.32 Å². The van der Waals surface area contributed by atoms with Gasteiger partial charge < -0.3 is 10.2 Å². The van der Waals surface area contributed by atoms with Crippen molar-refractivity contribution in [2.75, 3.05) is 31.9 Å². The van der Waals surface area contributed by atoms with Gasteiger partial charge in [-0.1, -0.05) is 26.0 Å². The Balaban J connectivity index is 2.06. The number of carbonyl (C=O) groups is 1. The molecule has 6 nitrogen and oxygen atoms in total. The zero-order chi connectivity index (χ0) is 21.8. The Kier molecular flexibility index (Phi) is 7.08. The fourth-order valence-electron chi connectivity index (χ4n) is 3.34. The molecule has 0 aliphatic carbocycles. The number of anilines is 1. The van der Waals surface area contributed by atoms with Crippen LogP contribution in [0.1, 0.15) is 35.3 Å². The maximum atomic E-state index is 12.7. The van der Waals surface area contributed by atoms with Gasteiger partial charge in [0.05, 0.1) is 25.5 Å². The van der Waals surface area contributed by atoms with Crippen molar-refractivity contribution in [3.05, 3.63) is 59.2 Å². The Hall–Kier alpha value is -2.38. The Labute approximate surface area is 174 Å². The molecule has 0 fully saturated rings. The third-order valence-corrected chi connectivity index (χ3v) is 6.12. The van der Waals surface area contributed by atoms with Gasteiger partial charge in [0.1, 0.15) is 0 Å². The number of sulfonamides is 1. The molecule has 2 rings (SSSR count). The molecule has 0 unspecified atom stereocenters. The third-order valence-electron chi connectivity index (χ3n) is 4.59. The molecule has 1 amide bonds. The van der Waals surface area contributed by atoms with Gasteiger partial charge in [-0.2, -0.15) is 0 Å². The van der Waals surface area contributed by atoms with Gasteiger partial charge in [-0.25, -0.2) is 8.42 Å². The number of hydrogen-bond donors (Lipinski definition) is 3. The number of nitrogens with one attached hydrogen (secondary N) is 3. The van der Waals surface area contributed by atoms with Crippen LogP contribution in [0.25, 0.3) is 0 Å². The van der Waals surface area contributed by atoms with E-state index in [-0.39, 0.29) is 16.2 Å². The summed E-state index contributed by atoms with van der Waals surface area (Å²) in [4.78, 5) is 14.0. The molecule has 0 saturated carbocycles. The summed E-state index contributed by atoms with van der Waals surface area (Å²) in [5, 5.41) is 2.96. The normalized spacial score (nSPS) is 12.1. The van der Waals surface area contributed by atoms with Gasteiger partial charge in [0.15, 0.2) is 0 Å². The molecule has 0 aliphatic heterocycles. The van der Waals surface area contributed by atoms with Gasteiger partial charge >= 0.3 is 0 Å². The van der Waals surface area contributed by atoms with Gasteiger partial charge in [-0.15, -0.1) is 0 Å². The molecule has 0 spiro atoms. The monoisotopic (exact) mass is 418 g/mol. The van der Waals surface area contributed by atoms with Crippen molar-refractivity contribution in [2.24, 2.45) is 5.41 Å². The van der Waals surface area contributed by atoms with Crippen LogP contribution in [0.5, 0.6) is 0 Å². The second-order valence-corrected chi connectivity index (χ2v) is 10.3. The molecule has 0 saturated heterocycles. The van der Waals surface area contributed by atoms with Crippen LogP contribution < -0.4 is 14.9 Å². The van der Waals surface area contributed by atoms with Crippen LogP contribution in [-0.4, -0.2) is 41.5 Å². The zero-order valence-electron chi connectivity index (χ0n) is 18.1. The van der Waals surface area contributed by atoms with Crippen LogP contribution in [-0.2, 0) is 10.0 Å². The first kappa shape index (κ1) is 22.9. The first-order valence-corrected chi connectivity index (χ1v) is 11.2. The van der Waals surface area contributed by atoms with E-state index in [4.69, 9.17) is 0 Å². The minimum Gasteiger partial charge on any atom is -0.351 e. The molecule has 0 bridgehead atoms. The van der Waals surface area contributed by atoms with Crippen LogP contribution >= 0.6 is 0 Å². The molecule has 0 aliphatic rings. The minimum atomic E-state index is -3.69. The van der Waals surface area contributed by atoms with E-state index in [0.29, 0.717) is 23.4 Å². The molecule has 7 heteroatoms. The van der Waals surface area contributed by atoms with Crippen molar-refractivity contribution < 1.29 is 18.1 Å². The molecular formula is C22H32N3O3S+. The Morgan fingerprint density at radius 3 is 2.24 bits per heavy atom. The quantitative estimate of drug-likeness (QED) is 0.614. The molecule has 158 valence electrons. The Morgan fingerprint density at radius 2 is 1.66 bits per heavy atom. The summed E-state index contributed by atoms with van der Waals surface area (Å²) >= 11 is 0. The molecule has 2 aromatic rings. The number of rotatable bonds is 8. The first-order valence-electron chi connectivity index (χ1n) is 9.67. The number of carbonyl (C=O) groups excluding carboxylic acids is 1. The maximum absolute atomic E-state index is 12.7. The summed E-state index contributed by atoms with van der Waals surface area (Å²) in [5.41, 5.74) is 2.45. The molecule has 0 atom stereocenters. The van der Waals surface area contributed by atoms with Gasteiger partial charge in [-0.3, -0.25) is 9.52 Å². The zero-order valence-corrected chi connectivity index (χ0v) is 18.9. The predicted octanol–water partition coefficient (Wildman–Crippen LogP) is 2.00. The summed E-state index contributed by atoms with van der Waals surface area (Å²) < 4.78 is 28.0. The van der Waals surface area contributed by atoms with Gasteiger partial charge in [0.25, 0.3) is 15.9 Å². The fourth-order valence-corrected chi connectivity index (χ4v) is 4.73. The number of benzene rings is 2. The highest BCUT2D eigenvalue weighted by Crippen LogP contribution is 2.21. The van der Waals surface area contributed by atoms with Crippen LogP contribution in [0.3, 0.4) is 0 Å². The second-order valence-electron chi connectivity index (χ2n) is 8.68. The van der Waals surface area contributed by atoms with Gasteiger partial charge in [0, 0.05) is 23.2 Å². The number of quaternary nitrogens is 1. The van der Waals surface area contributed by atoms with E-state index >= 15 is 0 Å². The lowest BCUT2D eigenvalue weighted by molar-refractivity contribution is -0.865. The number of hydrogen-bond acceptors (Lipinski definition) is 3. The summed E-state index contributed by atoms with van der Waals surface area (Å²) in [6.45, 7) is 9.36. The lowest BCUT2D eigenvalue weighted by Crippen LogP contribution is -3.07. The van der Waals surface area contributed by atoms with E-state index in [0.717, 1.165) is 12.1 Å². The highest BCUT2D eigenvalue weighted by atomic mass is 32.2. The van der Waals surface area contributed by atoms with E-state index in [2.05, 4.69) is 38.0 Å². The van der Waals surface area contributed by atoms with Crippen molar-refractivity contribution in [3.63, 3.8) is 0 Å². The first-order chi connectivity index (χ1) is 13.4. The number of amides is 1. The van der Waals surface area contributed by atoms with E-state index < -0.39 is 10.0 Å². The summed E-state index contributed by atoms with van der Waals surface area (Å²) in [7, 11) is 0.476. The number of aryl methyl sites for hydroxylation is 2. The summed E-state index contributed by atoms with van der Waals surface area (Å²) in [5.74, 6) is -0.171. The highest BCUT2D eigenvalue weighted by molar-refractivity contribution is 7.92. The summed E-state index contributed by atoms with van der Waals surface area (Å²) in [6, 6.07) is 11.8. The van der Waals surface area contributed by atoms with Crippen LogP contribution in [0.4, 0.5) is 5.69 Å². The van der Waals surface area contributed by atoms with Crippen LogP contribution in [0.2, 0.25) is 0 Å². The SMILES string of the molecule is Cc1ccc(C)c(S(=O)(=O)Nc2ccc(C(=O)NCC(C)(C)C[NH+](C)C)cc2)c1. The molecule has 0 heterocycles. The van der Waals surface area contributed by atoms with Crippen molar-refractivity contribution in [2.45, 2.75) is 32.6 Å². The minimum absolute atomic E-state index is 0.0181. The highest BCUT2D eigenvalue weighted by Gasteiger charge is 2.23. The lowest BCUT2D eigenvalue weighted by Gasteiger charge is -2.26. The average Bonchev–Trinajstić information content (AvgIpc) is 2.61. The van der Waals surface area contributed by atoms with Crippen LogP contribution in [0, 0.1) is 19.3 Å². The molecule has 29 heavy (non-hydrogen) atoms. The molecule has 2 aromatic carbocycles. The molecule has 0 aromatic heterocycles. The lowest BCUT2D eigenvalue weighted by atomic mass is 9.93. The predicted molar refractivity (Wildman–Crippen MR) is 117 cm³/mol. The van der Waals surface area contributed by atoms with E-state index in [1.807, 2.05) is 13.0 Å². The largest absolute Gasteiger partial charge is 0.351 e. The average molecular weight is 419 g/mol. The molecule has 0 radical (unpaired) electrons. The standard InChI is InChI=1S/C22H31N3O3S/c1-16-7-8-17(2)20(13-16)29(27,28)24-19-11-9-18(10-12-19)21(26)23-14-22(3,4)15-25(5)6/h7-13,24H,14-15H2,1-6H3,(H,23,26)/p+1.